The predicted molar refractivity (Wildman–Crippen MR) is 67.0 cm³/mol. The first-order chi connectivity index (χ1) is 7.67. The molecule has 1 atom stereocenters. The standard InChI is InChI=1S/C13H19N3/c1-10(2)12(8-15)9-16-13-5-3-4-11(6-13)7-14/h3-6,10,12,16H,8-9,15H2,1-2H3. The van der Waals surface area contributed by atoms with Crippen molar-refractivity contribution in [1.82, 2.24) is 0 Å². The van der Waals surface area contributed by atoms with Crippen LogP contribution in [0.15, 0.2) is 24.3 Å². The van der Waals surface area contributed by atoms with Crippen molar-refractivity contribution in [2.75, 3.05) is 18.4 Å². The van der Waals surface area contributed by atoms with Crippen molar-refractivity contribution >= 4 is 5.69 Å². The lowest BCUT2D eigenvalue weighted by Gasteiger charge is -2.19. The smallest absolute Gasteiger partial charge is 0.0992 e. The van der Waals surface area contributed by atoms with E-state index in [2.05, 4.69) is 25.2 Å². The second-order valence-electron chi connectivity index (χ2n) is 4.31. The van der Waals surface area contributed by atoms with Crippen molar-refractivity contribution in [3.05, 3.63) is 29.8 Å². The molecule has 0 aliphatic heterocycles. The Kier molecular flexibility index (Phi) is 4.81. The minimum Gasteiger partial charge on any atom is -0.385 e. The highest BCUT2D eigenvalue weighted by Gasteiger charge is 2.10. The molecule has 3 heteroatoms. The van der Waals surface area contributed by atoms with Crippen molar-refractivity contribution in [3.63, 3.8) is 0 Å². The van der Waals surface area contributed by atoms with Gasteiger partial charge in [-0.05, 0) is 36.6 Å². The van der Waals surface area contributed by atoms with Crippen LogP contribution in [0, 0.1) is 23.2 Å². The number of hydrogen-bond acceptors (Lipinski definition) is 3. The first-order valence-electron chi connectivity index (χ1n) is 5.61. The number of hydrogen-bond donors (Lipinski definition) is 2. The van der Waals surface area contributed by atoms with Gasteiger partial charge in [0.2, 0.25) is 0 Å². The van der Waals surface area contributed by atoms with Crippen molar-refractivity contribution in [2.24, 2.45) is 17.6 Å². The topological polar surface area (TPSA) is 61.8 Å². The molecule has 0 saturated carbocycles. The summed E-state index contributed by atoms with van der Waals surface area (Å²) in [5, 5.41) is 12.1. The van der Waals surface area contributed by atoms with Gasteiger partial charge in [0.1, 0.15) is 0 Å². The molecule has 3 nitrogen and oxygen atoms in total. The Morgan fingerprint density at radius 3 is 2.75 bits per heavy atom. The van der Waals surface area contributed by atoms with Gasteiger partial charge in [-0.2, -0.15) is 5.26 Å². The molecule has 0 heterocycles. The lowest BCUT2D eigenvalue weighted by Crippen LogP contribution is -2.27. The van der Waals surface area contributed by atoms with Gasteiger partial charge in [-0.15, -0.1) is 0 Å². The van der Waals surface area contributed by atoms with E-state index in [-0.39, 0.29) is 0 Å². The van der Waals surface area contributed by atoms with Gasteiger partial charge in [0, 0.05) is 12.2 Å². The molecule has 1 aromatic rings. The number of nitrogens with one attached hydrogen (secondary N) is 1. The van der Waals surface area contributed by atoms with Crippen LogP contribution in [0.4, 0.5) is 5.69 Å². The number of nitriles is 1. The third kappa shape index (κ3) is 3.56. The minimum atomic E-state index is 0.464. The molecular weight excluding hydrogens is 198 g/mol. The van der Waals surface area contributed by atoms with Gasteiger partial charge in [-0.1, -0.05) is 19.9 Å². The Hall–Kier alpha value is -1.53. The van der Waals surface area contributed by atoms with Crippen LogP contribution in [0.2, 0.25) is 0 Å². The van der Waals surface area contributed by atoms with Crippen LogP contribution in [0.5, 0.6) is 0 Å². The van der Waals surface area contributed by atoms with Gasteiger partial charge < -0.3 is 11.1 Å². The molecule has 1 rings (SSSR count). The van der Waals surface area contributed by atoms with E-state index >= 15 is 0 Å². The molecule has 1 aromatic carbocycles. The van der Waals surface area contributed by atoms with E-state index in [1.807, 2.05) is 18.2 Å². The van der Waals surface area contributed by atoms with Gasteiger partial charge in [0.15, 0.2) is 0 Å². The van der Waals surface area contributed by atoms with E-state index in [0.717, 1.165) is 12.2 Å². The summed E-state index contributed by atoms with van der Waals surface area (Å²) in [6.45, 7) is 5.88. The van der Waals surface area contributed by atoms with Crippen LogP contribution >= 0.6 is 0 Å². The Bertz CT molecular complexity index is 366. The predicted octanol–water partition coefficient (Wildman–Crippen LogP) is 2.20. The maximum atomic E-state index is 8.78. The summed E-state index contributed by atoms with van der Waals surface area (Å²) in [6.07, 6.45) is 0. The van der Waals surface area contributed by atoms with E-state index in [9.17, 15) is 0 Å². The summed E-state index contributed by atoms with van der Waals surface area (Å²) >= 11 is 0. The monoisotopic (exact) mass is 217 g/mol. The van der Waals surface area contributed by atoms with E-state index in [1.54, 1.807) is 6.07 Å². The molecule has 0 amide bonds. The third-order valence-electron chi connectivity index (χ3n) is 2.81. The normalized spacial score (nSPS) is 12.2. The Labute approximate surface area is 97.3 Å². The number of nitrogens with zero attached hydrogens (tertiary/aromatic N) is 1. The molecule has 1 unspecified atom stereocenters. The van der Waals surface area contributed by atoms with Crippen molar-refractivity contribution < 1.29 is 0 Å². The summed E-state index contributed by atoms with van der Waals surface area (Å²) in [5.74, 6) is 1.03. The molecule has 0 aromatic heterocycles. The molecular formula is C13H19N3. The Morgan fingerprint density at radius 1 is 1.44 bits per heavy atom. The van der Waals surface area contributed by atoms with E-state index in [4.69, 9.17) is 11.0 Å². The van der Waals surface area contributed by atoms with Crippen LogP contribution in [0.25, 0.3) is 0 Å². The summed E-state index contributed by atoms with van der Waals surface area (Å²) in [4.78, 5) is 0. The molecule has 16 heavy (non-hydrogen) atoms. The number of benzene rings is 1. The molecule has 0 radical (unpaired) electrons. The summed E-state index contributed by atoms with van der Waals surface area (Å²) < 4.78 is 0. The first-order valence-corrected chi connectivity index (χ1v) is 5.61. The SMILES string of the molecule is CC(C)C(CN)CNc1cccc(C#N)c1. The fraction of sp³-hybridized carbons (Fsp3) is 0.462. The third-order valence-corrected chi connectivity index (χ3v) is 2.81. The second kappa shape index (κ2) is 6.14. The molecule has 0 spiro atoms. The van der Waals surface area contributed by atoms with Crippen molar-refractivity contribution in [3.8, 4) is 6.07 Å². The fourth-order valence-electron chi connectivity index (χ4n) is 1.54. The van der Waals surface area contributed by atoms with E-state index in [1.165, 1.54) is 0 Å². The molecule has 0 aliphatic rings. The summed E-state index contributed by atoms with van der Waals surface area (Å²) in [6, 6.07) is 9.63. The van der Waals surface area contributed by atoms with Crippen LogP contribution in [-0.4, -0.2) is 13.1 Å². The maximum absolute atomic E-state index is 8.78. The zero-order valence-corrected chi connectivity index (χ0v) is 9.90. The lowest BCUT2D eigenvalue weighted by atomic mass is 9.96. The van der Waals surface area contributed by atoms with Gasteiger partial charge in [0.25, 0.3) is 0 Å². The zero-order chi connectivity index (χ0) is 12.0. The molecule has 0 aliphatic carbocycles. The van der Waals surface area contributed by atoms with Gasteiger partial charge in [-0.25, -0.2) is 0 Å². The van der Waals surface area contributed by atoms with E-state index < -0.39 is 0 Å². The molecule has 86 valence electrons. The first kappa shape index (κ1) is 12.5. The second-order valence-corrected chi connectivity index (χ2v) is 4.31. The zero-order valence-electron chi connectivity index (χ0n) is 9.90. The molecule has 0 fully saturated rings. The summed E-state index contributed by atoms with van der Waals surface area (Å²) in [7, 11) is 0. The minimum absolute atomic E-state index is 0.464. The Morgan fingerprint density at radius 2 is 2.19 bits per heavy atom. The highest BCUT2D eigenvalue weighted by molar-refractivity contribution is 5.49. The largest absolute Gasteiger partial charge is 0.385 e. The molecule has 0 bridgehead atoms. The van der Waals surface area contributed by atoms with Crippen LogP contribution < -0.4 is 11.1 Å². The summed E-state index contributed by atoms with van der Waals surface area (Å²) in [5.41, 5.74) is 7.37. The highest BCUT2D eigenvalue weighted by Crippen LogP contribution is 2.13. The average molecular weight is 217 g/mol. The maximum Gasteiger partial charge on any atom is 0.0992 e. The lowest BCUT2D eigenvalue weighted by molar-refractivity contribution is 0.413. The van der Waals surface area contributed by atoms with E-state index in [0.29, 0.717) is 23.9 Å². The van der Waals surface area contributed by atoms with Crippen LogP contribution in [-0.2, 0) is 0 Å². The van der Waals surface area contributed by atoms with Crippen molar-refractivity contribution in [1.29, 1.82) is 5.26 Å². The van der Waals surface area contributed by atoms with Gasteiger partial charge in [0.05, 0.1) is 11.6 Å². The molecule has 0 saturated heterocycles. The van der Waals surface area contributed by atoms with Gasteiger partial charge >= 0.3 is 0 Å². The number of rotatable bonds is 5. The quantitative estimate of drug-likeness (QED) is 0.794. The molecule has 3 N–H and O–H groups in total. The van der Waals surface area contributed by atoms with Gasteiger partial charge in [-0.3, -0.25) is 0 Å². The van der Waals surface area contributed by atoms with Crippen molar-refractivity contribution in [2.45, 2.75) is 13.8 Å². The van der Waals surface area contributed by atoms with Crippen LogP contribution in [0.1, 0.15) is 19.4 Å². The fourth-order valence-corrected chi connectivity index (χ4v) is 1.54. The number of anilines is 1. The number of nitrogens with two attached hydrogens (primary N) is 1. The average Bonchev–Trinajstić information content (AvgIpc) is 2.29. The Balaban J connectivity index is 2.57. The highest BCUT2D eigenvalue weighted by atomic mass is 14.9. The van der Waals surface area contributed by atoms with Crippen LogP contribution in [0.3, 0.4) is 0 Å².